The van der Waals surface area contributed by atoms with Gasteiger partial charge in [0.2, 0.25) is 5.91 Å². The van der Waals surface area contributed by atoms with E-state index in [0.717, 1.165) is 26.2 Å². The van der Waals surface area contributed by atoms with Gasteiger partial charge in [-0.2, -0.15) is 0 Å². The molecule has 2 rings (SSSR count). The summed E-state index contributed by atoms with van der Waals surface area (Å²) in [5.41, 5.74) is 3.53. The summed E-state index contributed by atoms with van der Waals surface area (Å²) in [4.78, 5) is 14.1. The summed E-state index contributed by atoms with van der Waals surface area (Å²) in [5.74, 6) is 0.0899. The van der Waals surface area contributed by atoms with Gasteiger partial charge in [0, 0.05) is 31.7 Å². The molecule has 0 spiro atoms. The van der Waals surface area contributed by atoms with Crippen molar-refractivity contribution in [3.05, 3.63) is 29.8 Å². The normalized spacial score (nSPS) is 17.6. The van der Waals surface area contributed by atoms with Crippen LogP contribution < -0.4 is 5.43 Å². The number of para-hydroxylation sites is 1. The highest BCUT2D eigenvalue weighted by Crippen LogP contribution is 2.15. The number of carbonyl (C=O) groups is 1. The predicted molar refractivity (Wildman–Crippen MR) is 69.0 cm³/mol. The van der Waals surface area contributed by atoms with E-state index < -0.39 is 0 Å². The number of hydrogen-bond donors (Lipinski definition) is 2. The third kappa shape index (κ3) is 3.45. The molecular weight excluding hydrogens is 230 g/mol. The molecule has 1 aromatic rings. The Labute approximate surface area is 107 Å². The number of amides is 1. The molecule has 5 nitrogen and oxygen atoms in total. The minimum Gasteiger partial charge on any atom is -0.508 e. The summed E-state index contributed by atoms with van der Waals surface area (Å²) in [5, 5.41) is 11.5. The zero-order chi connectivity index (χ0) is 13.0. The van der Waals surface area contributed by atoms with Crippen LogP contribution in [0.1, 0.15) is 5.56 Å². The Morgan fingerprint density at radius 3 is 2.61 bits per heavy atom. The average Bonchev–Trinajstić information content (AvgIpc) is 2.35. The zero-order valence-corrected chi connectivity index (χ0v) is 10.6. The minimum atomic E-state index is -0.0824. The first-order valence-electron chi connectivity index (χ1n) is 6.15. The summed E-state index contributed by atoms with van der Waals surface area (Å²) < 4.78 is 0. The van der Waals surface area contributed by atoms with Gasteiger partial charge in [0.05, 0.1) is 6.42 Å². The second-order valence-electron chi connectivity index (χ2n) is 4.63. The highest BCUT2D eigenvalue weighted by Gasteiger charge is 2.16. The molecule has 1 aromatic carbocycles. The van der Waals surface area contributed by atoms with E-state index in [-0.39, 0.29) is 18.1 Å². The Bertz CT molecular complexity index is 414. The topological polar surface area (TPSA) is 55.8 Å². The highest BCUT2D eigenvalue weighted by atomic mass is 16.3. The van der Waals surface area contributed by atoms with Crippen molar-refractivity contribution in [3.8, 4) is 5.75 Å². The maximum atomic E-state index is 11.8. The minimum absolute atomic E-state index is 0.0824. The van der Waals surface area contributed by atoms with Crippen molar-refractivity contribution < 1.29 is 9.90 Å². The van der Waals surface area contributed by atoms with Gasteiger partial charge in [-0.15, -0.1) is 0 Å². The Morgan fingerprint density at radius 2 is 1.94 bits per heavy atom. The summed E-state index contributed by atoms with van der Waals surface area (Å²) >= 11 is 0. The molecule has 1 aliphatic rings. The predicted octanol–water partition coefficient (Wildman–Crippen LogP) is 0.213. The summed E-state index contributed by atoms with van der Waals surface area (Å²) in [6.45, 7) is 3.58. The molecule has 2 N–H and O–H groups in total. The second-order valence-corrected chi connectivity index (χ2v) is 4.63. The van der Waals surface area contributed by atoms with E-state index in [1.807, 2.05) is 11.1 Å². The molecule has 0 unspecified atom stereocenters. The van der Waals surface area contributed by atoms with E-state index in [1.54, 1.807) is 18.2 Å². The SMILES string of the molecule is CN1CCN(NC(=O)Cc2ccccc2O)CC1. The number of nitrogens with one attached hydrogen (secondary N) is 1. The van der Waals surface area contributed by atoms with E-state index in [4.69, 9.17) is 0 Å². The number of hydrazine groups is 1. The lowest BCUT2D eigenvalue weighted by Gasteiger charge is -2.32. The molecule has 0 aromatic heterocycles. The van der Waals surface area contributed by atoms with Gasteiger partial charge < -0.3 is 10.0 Å². The molecule has 0 atom stereocenters. The molecule has 1 fully saturated rings. The summed E-state index contributed by atoms with van der Waals surface area (Å²) in [6.07, 6.45) is 0.207. The third-order valence-corrected chi connectivity index (χ3v) is 3.13. The third-order valence-electron chi connectivity index (χ3n) is 3.13. The fourth-order valence-electron chi connectivity index (χ4n) is 1.97. The summed E-state index contributed by atoms with van der Waals surface area (Å²) in [6, 6.07) is 6.92. The Balaban J connectivity index is 1.84. The number of aromatic hydroxyl groups is 1. The lowest BCUT2D eigenvalue weighted by Crippen LogP contribution is -2.52. The number of benzene rings is 1. The fraction of sp³-hybridized carbons (Fsp3) is 0.462. The molecule has 1 saturated heterocycles. The number of hydrogen-bond acceptors (Lipinski definition) is 4. The van der Waals surface area contributed by atoms with E-state index in [1.165, 1.54) is 0 Å². The van der Waals surface area contributed by atoms with E-state index in [0.29, 0.717) is 5.56 Å². The van der Waals surface area contributed by atoms with Gasteiger partial charge in [0.1, 0.15) is 5.75 Å². The lowest BCUT2D eigenvalue weighted by atomic mass is 10.1. The Hall–Kier alpha value is -1.59. The van der Waals surface area contributed by atoms with Crippen molar-refractivity contribution in [2.75, 3.05) is 33.2 Å². The fourth-order valence-corrected chi connectivity index (χ4v) is 1.97. The maximum Gasteiger partial charge on any atom is 0.238 e. The van der Waals surface area contributed by atoms with Crippen LogP contribution in [0.3, 0.4) is 0 Å². The van der Waals surface area contributed by atoms with Crippen LogP contribution in [0.25, 0.3) is 0 Å². The quantitative estimate of drug-likeness (QED) is 0.804. The highest BCUT2D eigenvalue weighted by molar-refractivity contribution is 5.78. The molecule has 0 aliphatic carbocycles. The average molecular weight is 249 g/mol. The summed E-state index contributed by atoms with van der Waals surface area (Å²) in [7, 11) is 2.07. The zero-order valence-electron chi connectivity index (χ0n) is 10.6. The van der Waals surface area contributed by atoms with Gasteiger partial charge in [0.15, 0.2) is 0 Å². The van der Waals surface area contributed by atoms with Crippen molar-refractivity contribution >= 4 is 5.91 Å². The molecule has 98 valence electrons. The largest absolute Gasteiger partial charge is 0.508 e. The molecule has 18 heavy (non-hydrogen) atoms. The van der Waals surface area contributed by atoms with Gasteiger partial charge in [-0.3, -0.25) is 10.2 Å². The maximum absolute atomic E-state index is 11.8. The van der Waals surface area contributed by atoms with Crippen LogP contribution in [-0.2, 0) is 11.2 Å². The van der Waals surface area contributed by atoms with Gasteiger partial charge in [0.25, 0.3) is 0 Å². The van der Waals surface area contributed by atoms with Crippen molar-refractivity contribution in [2.24, 2.45) is 0 Å². The van der Waals surface area contributed by atoms with Crippen molar-refractivity contribution in [3.63, 3.8) is 0 Å². The van der Waals surface area contributed by atoms with Crippen LogP contribution in [0.2, 0.25) is 0 Å². The number of piperazine rings is 1. The van der Waals surface area contributed by atoms with Crippen LogP contribution in [0.15, 0.2) is 24.3 Å². The molecule has 0 bridgehead atoms. The van der Waals surface area contributed by atoms with Gasteiger partial charge >= 0.3 is 0 Å². The van der Waals surface area contributed by atoms with E-state index >= 15 is 0 Å². The van der Waals surface area contributed by atoms with Crippen molar-refractivity contribution in [1.29, 1.82) is 0 Å². The number of phenols is 1. The van der Waals surface area contributed by atoms with Crippen molar-refractivity contribution in [1.82, 2.24) is 15.3 Å². The molecule has 1 heterocycles. The van der Waals surface area contributed by atoms with Crippen LogP contribution in [0, 0.1) is 0 Å². The molecule has 1 amide bonds. The first kappa shape index (κ1) is 12.9. The first-order chi connectivity index (χ1) is 8.65. The molecule has 5 heteroatoms. The van der Waals surface area contributed by atoms with Crippen LogP contribution >= 0.6 is 0 Å². The smallest absolute Gasteiger partial charge is 0.238 e. The second kappa shape index (κ2) is 5.84. The standard InChI is InChI=1S/C13H19N3O2/c1-15-6-8-16(9-7-15)14-13(18)10-11-4-2-3-5-12(11)17/h2-5,17H,6-10H2,1H3,(H,14,18). The van der Waals surface area contributed by atoms with Crippen LogP contribution in [-0.4, -0.2) is 54.1 Å². The monoisotopic (exact) mass is 249 g/mol. The van der Waals surface area contributed by atoms with Gasteiger partial charge in [-0.25, -0.2) is 5.01 Å². The van der Waals surface area contributed by atoms with Crippen LogP contribution in [0.5, 0.6) is 5.75 Å². The molecule has 0 saturated carbocycles. The number of rotatable bonds is 3. The van der Waals surface area contributed by atoms with Crippen LogP contribution in [0.4, 0.5) is 0 Å². The van der Waals surface area contributed by atoms with E-state index in [2.05, 4.69) is 17.4 Å². The molecule has 1 aliphatic heterocycles. The number of likely N-dealkylation sites (N-methyl/N-ethyl adjacent to an activating group) is 1. The van der Waals surface area contributed by atoms with E-state index in [9.17, 15) is 9.90 Å². The molecular formula is C13H19N3O2. The number of carbonyl (C=O) groups excluding carboxylic acids is 1. The molecule has 0 radical (unpaired) electrons. The van der Waals surface area contributed by atoms with Crippen molar-refractivity contribution in [2.45, 2.75) is 6.42 Å². The van der Waals surface area contributed by atoms with Gasteiger partial charge in [-0.1, -0.05) is 18.2 Å². The number of phenolic OH excluding ortho intramolecular Hbond substituents is 1. The Kier molecular flexibility index (Phi) is 4.17. The number of nitrogens with zero attached hydrogens (tertiary/aromatic N) is 2. The Morgan fingerprint density at radius 1 is 1.28 bits per heavy atom. The first-order valence-corrected chi connectivity index (χ1v) is 6.15. The lowest BCUT2D eigenvalue weighted by molar-refractivity contribution is -0.126. The van der Waals surface area contributed by atoms with Gasteiger partial charge in [-0.05, 0) is 13.1 Å².